The molecule has 0 fully saturated rings. The van der Waals surface area contributed by atoms with Gasteiger partial charge in [-0.2, -0.15) is 0 Å². The van der Waals surface area contributed by atoms with Crippen molar-refractivity contribution < 1.29 is 13.2 Å². The van der Waals surface area contributed by atoms with Gasteiger partial charge in [0.15, 0.2) is 0 Å². The number of nitrogens with two attached hydrogens (primary N) is 1. The fourth-order valence-corrected chi connectivity index (χ4v) is 3.06. The number of nitrogens with one attached hydrogen (secondary N) is 2. The number of urea groups is 1. The number of nitrogen functional groups attached to an aromatic ring is 1. The van der Waals surface area contributed by atoms with E-state index in [2.05, 4.69) is 10.6 Å². The minimum absolute atomic E-state index is 0.0775. The third-order valence-corrected chi connectivity index (χ3v) is 4.63. The van der Waals surface area contributed by atoms with Gasteiger partial charge in [0.1, 0.15) is 0 Å². The van der Waals surface area contributed by atoms with Crippen LogP contribution in [0.3, 0.4) is 0 Å². The Balaban J connectivity index is 2.38. The molecule has 7 heteroatoms. The SMILES string of the molecule is CNC(=O)Nc1ccc(S(=O)(=O)c2ccccc2)cc1N. The normalized spacial score (nSPS) is 10.9. The maximum Gasteiger partial charge on any atom is 0.319 e. The van der Waals surface area contributed by atoms with Crippen molar-refractivity contribution in [3.63, 3.8) is 0 Å². The summed E-state index contributed by atoms with van der Waals surface area (Å²) in [4.78, 5) is 11.5. The maximum atomic E-state index is 12.4. The first-order valence-electron chi connectivity index (χ1n) is 6.13. The molecule has 0 radical (unpaired) electrons. The molecule has 0 heterocycles. The first kappa shape index (κ1) is 14.9. The van der Waals surface area contributed by atoms with Gasteiger partial charge in [0.25, 0.3) is 0 Å². The number of carbonyl (C=O) groups excluding carboxylic acids is 1. The van der Waals surface area contributed by atoms with Crippen LogP contribution in [0.4, 0.5) is 16.2 Å². The van der Waals surface area contributed by atoms with Crippen molar-refractivity contribution in [2.24, 2.45) is 0 Å². The van der Waals surface area contributed by atoms with Gasteiger partial charge >= 0.3 is 6.03 Å². The minimum Gasteiger partial charge on any atom is -0.397 e. The molecular weight excluding hydrogens is 290 g/mol. The lowest BCUT2D eigenvalue weighted by Gasteiger charge is -2.10. The molecule has 2 rings (SSSR count). The summed E-state index contributed by atoms with van der Waals surface area (Å²) in [6, 6.07) is 11.8. The summed E-state index contributed by atoms with van der Waals surface area (Å²) < 4.78 is 24.8. The third-order valence-electron chi connectivity index (χ3n) is 2.86. The smallest absolute Gasteiger partial charge is 0.319 e. The van der Waals surface area contributed by atoms with Gasteiger partial charge in [-0.1, -0.05) is 18.2 Å². The Morgan fingerprint density at radius 1 is 1.05 bits per heavy atom. The number of sulfone groups is 1. The lowest BCUT2D eigenvalue weighted by molar-refractivity contribution is 0.254. The molecule has 0 atom stereocenters. The molecule has 0 aliphatic rings. The van der Waals surface area contributed by atoms with Crippen molar-refractivity contribution in [1.82, 2.24) is 5.32 Å². The molecule has 0 aliphatic heterocycles. The van der Waals surface area contributed by atoms with Crippen molar-refractivity contribution >= 4 is 27.2 Å². The van der Waals surface area contributed by atoms with Crippen molar-refractivity contribution in [2.75, 3.05) is 18.1 Å². The lowest BCUT2D eigenvalue weighted by atomic mass is 10.3. The van der Waals surface area contributed by atoms with Crippen LogP contribution in [0.25, 0.3) is 0 Å². The van der Waals surface area contributed by atoms with Gasteiger partial charge in [0.2, 0.25) is 9.84 Å². The summed E-state index contributed by atoms with van der Waals surface area (Å²) in [5.41, 5.74) is 6.32. The van der Waals surface area contributed by atoms with Crippen molar-refractivity contribution in [2.45, 2.75) is 9.79 Å². The Hall–Kier alpha value is -2.54. The van der Waals surface area contributed by atoms with Crippen LogP contribution in [0.2, 0.25) is 0 Å². The average Bonchev–Trinajstić information content (AvgIpc) is 2.50. The summed E-state index contributed by atoms with van der Waals surface area (Å²) in [5.74, 6) is 0. The zero-order valence-corrected chi connectivity index (χ0v) is 12.1. The number of carbonyl (C=O) groups is 1. The highest BCUT2D eigenvalue weighted by Crippen LogP contribution is 2.26. The van der Waals surface area contributed by atoms with E-state index in [0.29, 0.717) is 5.69 Å². The van der Waals surface area contributed by atoms with Crippen molar-refractivity contribution in [1.29, 1.82) is 0 Å². The van der Waals surface area contributed by atoms with Crippen molar-refractivity contribution in [3.05, 3.63) is 48.5 Å². The Labute approximate surface area is 122 Å². The molecule has 0 saturated carbocycles. The minimum atomic E-state index is -3.62. The summed E-state index contributed by atoms with van der Waals surface area (Å²) in [7, 11) is -2.15. The Bertz CT molecular complexity index is 758. The number of benzene rings is 2. The van der Waals surface area contributed by atoms with Gasteiger partial charge in [-0.05, 0) is 30.3 Å². The second kappa shape index (κ2) is 5.84. The number of rotatable bonds is 3. The highest BCUT2D eigenvalue weighted by atomic mass is 32.2. The van der Waals surface area contributed by atoms with E-state index in [-0.39, 0.29) is 15.5 Å². The van der Waals surface area contributed by atoms with Gasteiger partial charge in [0.05, 0.1) is 21.2 Å². The Kier molecular flexibility index (Phi) is 4.13. The molecular formula is C14H15N3O3S. The van der Waals surface area contributed by atoms with E-state index in [9.17, 15) is 13.2 Å². The van der Waals surface area contributed by atoms with E-state index < -0.39 is 15.9 Å². The second-order valence-corrected chi connectivity index (χ2v) is 6.22. The molecule has 0 spiro atoms. The molecule has 2 aromatic rings. The Morgan fingerprint density at radius 2 is 1.71 bits per heavy atom. The van der Waals surface area contributed by atoms with Crippen LogP contribution in [0.15, 0.2) is 58.3 Å². The summed E-state index contributed by atoms with van der Waals surface area (Å²) in [6.45, 7) is 0. The zero-order chi connectivity index (χ0) is 15.5. The largest absolute Gasteiger partial charge is 0.397 e. The van der Waals surface area contributed by atoms with Gasteiger partial charge in [-0.3, -0.25) is 0 Å². The van der Waals surface area contributed by atoms with Gasteiger partial charge in [-0.15, -0.1) is 0 Å². The van der Waals surface area contributed by atoms with Gasteiger partial charge < -0.3 is 16.4 Å². The fourth-order valence-electron chi connectivity index (χ4n) is 1.74. The van der Waals surface area contributed by atoms with E-state index in [4.69, 9.17) is 5.73 Å². The lowest BCUT2D eigenvalue weighted by Crippen LogP contribution is -2.25. The second-order valence-electron chi connectivity index (χ2n) is 4.27. The standard InChI is InChI=1S/C14H15N3O3S/c1-16-14(18)17-13-8-7-11(9-12(13)15)21(19,20)10-5-3-2-4-6-10/h2-9H,15H2,1H3,(H2,16,17,18). The van der Waals surface area contributed by atoms with Gasteiger partial charge in [-0.25, -0.2) is 13.2 Å². The molecule has 6 nitrogen and oxygen atoms in total. The number of anilines is 2. The first-order chi connectivity index (χ1) is 9.95. The number of amides is 2. The number of hydrogen-bond donors (Lipinski definition) is 3. The zero-order valence-electron chi connectivity index (χ0n) is 11.3. The van der Waals surface area contributed by atoms with Crippen LogP contribution in [0.1, 0.15) is 0 Å². The summed E-state index contributed by atoms with van der Waals surface area (Å²) in [5, 5.41) is 4.90. The van der Waals surface area contributed by atoms with Gasteiger partial charge in [0, 0.05) is 7.05 Å². The Morgan fingerprint density at radius 3 is 2.29 bits per heavy atom. The highest BCUT2D eigenvalue weighted by Gasteiger charge is 2.18. The van der Waals surface area contributed by atoms with Crippen LogP contribution in [0.5, 0.6) is 0 Å². The van der Waals surface area contributed by atoms with Crippen LogP contribution in [-0.4, -0.2) is 21.5 Å². The van der Waals surface area contributed by atoms with Crippen LogP contribution < -0.4 is 16.4 Å². The maximum absolute atomic E-state index is 12.4. The van der Waals surface area contributed by atoms with Crippen LogP contribution >= 0.6 is 0 Å². The van der Waals surface area contributed by atoms with E-state index in [1.807, 2.05) is 0 Å². The topological polar surface area (TPSA) is 101 Å². The first-order valence-corrected chi connectivity index (χ1v) is 7.62. The summed E-state index contributed by atoms with van der Waals surface area (Å²) >= 11 is 0. The monoisotopic (exact) mass is 305 g/mol. The van der Waals surface area contributed by atoms with Crippen LogP contribution in [0, 0.1) is 0 Å². The molecule has 0 aromatic heterocycles. The molecule has 21 heavy (non-hydrogen) atoms. The van der Waals surface area contributed by atoms with Crippen molar-refractivity contribution in [3.8, 4) is 0 Å². The third kappa shape index (κ3) is 3.14. The number of hydrogen-bond acceptors (Lipinski definition) is 4. The quantitative estimate of drug-likeness (QED) is 0.753. The van der Waals surface area contributed by atoms with E-state index in [1.165, 1.54) is 37.4 Å². The molecule has 0 aliphatic carbocycles. The van der Waals surface area contributed by atoms with Crippen LogP contribution in [-0.2, 0) is 9.84 Å². The molecule has 2 amide bonds. The molecule has 110 valence electrons. The molecule has 0 unspecified atom stereocenters. The molecule has 0 saturated heterocycles. The highest BCUT2D eigenvalue weighted by molar-refractivity contribution is 7.91. The molecule has 4 N–H and O–H groups in total. The average molecular weight is 305 g/mol. The van der Waals surface area contributed by atoms with E-state index in [0.717, 1.165) is 0 Å². The molecule has 2 aromatic carbocycles. The van der Waals surface area contributed by atoms with E-state index >= 15 is 0 Å². The summed E-state index contributed by atoms with van der Waals surface area (Å²) in [6.07, 6.45) is 0. The van der Waals surface area contributed by atoms with E-state index in [1.54, 1.807) is 18.2 Å². The predicted octanol–water partition coefficient (Wildman–Crippen LogP) is 1.85. The fraction of sp³-hybridized carbons (Fsp3) is 0.0714. The molecule has 0 bridgehead atoms. The predicted molar refractivity (Wildman–Crippen MR) is 80.8 cm³/mol.